The third-order valence-corrected chi connectivity index (χ3v) is 6.80. The summed E-state index contributed by atoms with van der Waals surface area (Å²) in [5.74, 6) is -0.112. The van der Waals surface area contributed by atoms with Gasteiger partial charge < -0.3 is 25.8 Å². The molecule has 5 rings (SSSR count). The van der Waals surface area contributed by atoms with Crippen molar-refractivity contribution in [3.05, 3.63) is 35.9 Å². The van der Waals surface area contributed by atoms with Crippen LogP contribution in [0.25, 0.3) is 21.9 Å². The minimum Gasteiger partial charge on any atom is -0.474 e. The molecule has 36 heavy (non-hydrogen) atoms. The van der Waals surface area contributed by atoms with E-state index in [1.165, 1.54) is 6.20 Å². The zero-order chi connectivity index (χ0) is 25.7. The summed E-state index contributed by atoms with van der Waals surface area (Å²) in [6, 6.07) is 2.56. The SMILES string of the molecule is Cc1c(-c2cc3cc(N(C(=O)O)[C@@H]4CC(=O)N(C(C)C)C4)ncc3c(N)c2F)cnc2c1NCCO2. The molecule has 2 aliphatic heterocycles. The lowest BCUT2D eigenvalue weighted by Crippen LogP contribution is -2.42. The number of carbonyl (C=O) groups excluding carboxylic acids is 1. The van der Waals surface area contributed by atoms with E-state index in [2.05, 4.69) is 15.3 Å². The third kappa shape index (κ3) is 3.80. The zero-order valence-electron chi connectivity index (χ0n) is 20.2. The van der Waals surface area contributed by atoms with Crippen LogP contribution in [0.2, 0.25) is 0 Å². The number of benzene rings is 1. The summed E-state index contributed by atoms with van der Waals surface area (Å²) in [7, 11) is 0. The number of halogens is 1. The van der Waals surface area contributed by atoms with Gasteiger partial charge in [0.2, 0.25) is 11.8 Å². The lowest BCUT2D eigenvalue weighted by Gasteiger charge is -2.26. The van der Waals surface area contributed by atoms with Crippen molar-refractivity contribution in [2.75, 3.05) is 35.6 Å². The van der Waals surface area contributed by atoms with Crippen LogP contribution >= 0.6 is 0 Å². The van der Waals surface area contributed by atoms with Crippen LogP contribution in [0.3, 0.4) is 0 Å². The van der Waals surface area contributed by atoms with Crippen LogP contribution in [0, 0.1) is 12.7 Å². The first-order valence-electron chi connectivity index (χ1n) is 11.7. The number of amides is 2. The largest absolute Gasteiger partial charge is 0.474 e. The molecule has 1 saturated heterocycles. The summed E-state index contributed by atoms with van der Waals surface area (Å²) >= 11 is 0. The van der Waals surface area contributed by atoms with Crippen molar-refractivity contribution in [1.82, 2.24) is 14.9 Å². The molecule has 11 heteroatoms. The van der Waals surface area contributed by atoms with Crippen LogP contribution in [0.15, 0.2) is 24.5 Å². The van der Waals surface area contributed by atoms with Crippen LogP contribution in [0.4, 0.5) is 26.4 Å². The summed E-state index contributed by atoms with van der Waals surface area (Å²) in [5.41, 5.74) is 8.31. The van der Waals surface area contributed by atoms with E-state index < -0.39 is 18.0 Å². The Hall–Kier alpha value is -4.15. The average molecular weight is 495 g/mol. The van der Waals surface area contributed by atoms with Gasteiger partial charge in [-0.15, -0.1) is 0 Å². The molecule has 2 aliphatic rings. The van der Waals surface area contributed by atoms with Gasteiger partial charge in [0.05, 0.1) is 11.7 Å². The quantitative estimate of drug-likeness (QED) is 0.468. The van der Waals surface area contributed by atoms with Gasteiger partial charge >= 0.3 is 6.09 Å². The molecule has 0 bridgehead atoms. The number of carboxylic acid groups (broad SMARTS) is 1. The highest BCUT2D eigenvalue weighted by Crippen LogP contribution is 2.40. The number of aromatic nitrogens is 2. The van der Waals surface area contributed by atoms with Gasteiger partial charge in [-0.2, -0.15) is 0 Å². The maximum absolute atomic E-state index is 15.4. The Morgan fingerprint density at radius 2 is 2.08 bits per heavy atom. The Labute approximate surface area is 206 Å². The van der Waals surface area contributed by atoms with Crippen molar-refractivity contribution in [1.29, 1.82) is 0 Å². The molecule has 0 unspecified atom stereocenters. The Kier molecular flexibility index (Phi) is 5.77. The molecule has 2 aromatic heterocycles. The van der Waals surface area contributed by atoms with Gasteiger partial charge in [0.15, 0.2) is 5.82 Å². The fourth-order valence-corrected chi connectivity index (χ4v) is 4.93. The molecule has 2 amide bonds. The summed E-state index contributed by atoms with van der Waals surface area (Å²) < 4.78 is 21.0. The highest BCUT2D eigenvalue weighted by Gasteiger charge is 2.38. The fourth-order valence-electron chi connectivity index (χ4n) is 4.93. The molecule has 3 aromatic rings. The number of nitrogens with one attached hydrogen (secondary N) is 1. The third-order valence-electron chi connectivity index (χ3n) is 6.80. The maximum atomic E-state index is 15.4. The minimum atomic E-state index is -1.22. The zero-order valence-corrected chi connectivity index (χ0v) is 20.2. The van der Waals surface area contributed by atoms with Crippen LogP contribution in [0.5, 0.6) is 5.88 Å². The molecule has 188 valence electrons. The van der Waals surface area contributed by atoms with E-state index in [0.717, 1.165) is 10.5 Å². The summed E-state index contributed by atoms with van der Waals surface area (Å²) in [4.78, 5) is 36.0. The van der Waals surface area contributed by atoms with Crippen molar-refractivity contribution in [2.45, 2.75) is 39.3 Å². The molecular formula is C25H27FN6O4. The van der Waals surface area contributed by atoms with Gasteiger partial charge in [0, 0.05) is 54.5 Å². The highest BCUT2D eigenvalue weighted by molar-refractivity contribution is 6.00. The van der Waals surface area contributed by atoms with E-state index in [9.17, 15) is 14.7 Å². The number of nitrogens with two attached hydrogens (primary N) is 1. The van der Waals surface area contributed by atoms with Crippen LogP contribution in [0.1, 0.15) is 25.8 Å². The predicted molar refractivity (Wildman–Crippen MR) is 134 cm³/mol. The summed E-state index contributed by atoms with van der Waals surface area (Å²) in [6.07, 6.45) is 1.76. The van der Waals surface area contributed by atoms with E-state index in [-0.39, 0.29) is 42.0 Å². The number of ether oxygens (including phenoxy) is 1. The number of hydrogen-bond acceptors (Lipinski definition) is 7. The summed E-state index contributed by atoms with van der Waals surface area (Å²) in [5, 5.41) is 14.1. The molecule has 10 nitrogen and oxygen atoms in total. The van der Waals surface area contributed by atoms with Gasteiger partial charge in [-0.1, -0.05) is 0 Å². The van der Waals surface area contributed by atoms with E-state index in [4.69, 9.17) is 10.5 Å². The molecule has 0 saturated carbocycles. The number of hydrogen-bond donors (Lipinski definition) is 3. The Morgan fingerprint density at radius 1 is 1.31 bits per heavy atom. The second-order valence-electron chi connectivity index (χ2n) is 9.32. The van der Waals surface area contributed by atoms with Gasteiger partial charge in [-0.05, 0) is 43.9 Å². The Balaban J connectivity index is 1.60. The monoisotopic (exact) mass is 494 g/mol. The number of pyridine rings is 2. The second-order valence-corrected chi connectivity index (χ2v) is 9.32. The molecule has 1 atom stereocenters. The average Bonchev–Trinajstić information content (AvgIpc) is 3.23. The number of likely N-dealkylation sites (tertiary alicyclic amines) is 1. The number of anilines is 3. The lowest BCUT2D eigenvalue weighted by atomic mass is 9.97. The normalized spacial score (nSPS) is 17.2. The topological polar surface area (TPSA) is 134 Å². The van der Waals surface area contributed by atoms with E-state index in [1.807, 2.05) is 20.8 Å². The standard InChI is InChI=1S/C25H27FN6O4/c1-12(2)31-11-15(8-20(31)33)32(25(34)35)19-7-14-6-16(21(26)22(27)18(14)10-29-19)17-9-30-24-23(13(17)3)28-4-5-36-24/h6-7,9-10,12,15,28H,4-5,8,11,27H2,1-3H3,(H,34,35)/t15-/m1/s1. The lowest BCUT2D eigenvalue weighted by molar-refractivity contribution is -0.129. The molecule has 1 fully saturated rings. The van der Waals surface area contributed by atoms with Crippen LogP contribution in [-0.4, -0.2) is 63.8 Å². The molecule has 0 spiro atoms. The van der Waals surface area contributed by atoms with Crippen molar-refractivity contribution in [3.63, 3.8) is 0 Å². The van der Waals surface area contributed by atoms with Gasteiger partial charge in [0.25, 0.3) is 0 Å². The minimum absolute atomic E-state index is 0.0404. The predicted octanol–water partition coefficient (Wildman–Crippen LogP) is 3.62. The van der Waals surface area contributed by atoms with Crippen molar-refractivity contribution >= 4 is 40.0 Å². The highest BCUT2D eigenvalue weighted by atomic mass is 19.1. The maximum Gasteiger partial charge on any atom is 0.413 e. The van der Waals surface area contributed by atoms with Gasteiger partial charge in [-0.25, -0.2) is 19.2 Å². The van der Waals surface area contributed by atoms with Crippen molar-refractivity contribution in [2.24, 2.45) is 0 Å². The van der Waals surface area contributed by atoms with Crippen molar-refractivity contribution < 1.29 is 23.8 Å². The van der Waals surface area contributed by atoms with Crippen molar-refractivity contribution in [3.8, 4) is 17.0 Å². The number of carbonyl (C=O) groups is 2. The van der Waals surface area contributed by atoms with Crippen LogP contribution in [-0.2, 0) is 4.79 Å². The number of rotatable bonds is 4. The Bertz CT molecular complexity index is 1390. The Morgan fingerprint density at radius 3 is 2.78 bits per heavy atom. The molecule has 1 aromatic carbocycles. The number of nitrogens with zero attached hydrogens (tertiary/aromatic N) is 4. The smallest absolute Gasteiger partial charge is 0.413 e. The van der Waals surface area contributed by atoms with Gasteiger partial charge in [0.1, 0.15) is 18.1 Å². The summed E-state index contributed by atoms with van der Waals surface area (Å²) in [6.45, 7) is 7.00. The first-order chi connectivity index (χ1) is 17.2. The van der Waals surface area contributed by atoms with Gasteiger partial charge in [-0.3, -0.25) is 9.69 Å². The van der Waals surface area contributed by atoms with E-state index in [1.54, 1.807) is 23.2 Å². The molecular weight excluding hydrogens is 467 g/mol. The molecule has 0 radical (unpaired) electrons. The number of nitrogen functional groups attached to an aromatic ring is 1. The molecule has 4 N–H and O–H groups in total. The first kappa shape index (κ1) is 23.6. The number of fused-ring (bicyclic) bond motifs is 2. The molecule has 0 aliphatic carbocycles. The van der Waals surface area contributed by atoms with E-state index >= 15 is 4.39 Å². The first-order valence-corrected chi connectivity index (χ1v) is 11.7. The van der Waals surface area contributed by atoms with E-state index in [0.29, 0.717) is 41.1 Å². The fraction of sp³-hybridized carbons (Fsp3) is 0.360. The van der Waals surface area contributed by atoms with Crippen LogP contribution < -0.4 is 20.7 Å². The molecule has 4 heterocycles. The second kappa shape index (κ2) is 8.81.